The molecule has 0 heterocycles. The molecule has 0 amide bonds. The summed E-state index contributed by atoms with van der Waals surface area (Å²) in [6, 6.07) is 54.4. The Morgan fingerprint density at radius 1 is 0.276 bits per heavy atom. The summed E-state index contributed by atoms with van der Waals surface area (Å²) < 4.78 is 0. The van der Waals surface area contributed by atoms with Gasteiger partial charge in [0.25, 0.3) is 0 Å². The van der Waals surface area contributed by atoms with Gasteiger partial charge in [-0.05, 0) is 96.6 Å². The van der Waals surface area contributed by atoms with Crippen LogP contribution in [0.2, 0.25) is 0 Å². The number of hydrogen-bond acceptors (Lipinski definition) is 0. The molecule has 8 atom stereocenters. The van der Waals surface area contributed by atoms with Gasteiger partial charge in [0.1, 0.15) is 0 Å². The van der Waals surface area contributed by atoms with Gasteiger partial charge < -0.3 is 9.41 Å². The van der Waals surface area contributed by atoms with E-state index >= 15 is 0 Å². The molecule has 0 aliphatic carbocycles. The van der Waals surface area contributed by atoms with E-state index in [0.717, 1.165) is 45.3 Å². The summed E-state index contributed by atoms with van der Waals surface area (Å²) in [7, 11) is -0.101. The number of benzene rings is 4. The van der Waals surface area contributed by atoms with Crippen LogP contribution in [0.5, 0.6) is 0 Å². The summed E-state index contributed by atoms with van der Waals surface area (Å²) in [6.45, 7) is 38.0. The van der Waals surface area contributed by atoms with Crippen LogP contribution in [0.1, 0.15) is 162 Å². The van der Waals surface area contributed by atoms with Gasteiger partial charge in [0, 0.05) is 0 Å². The van der Waals surface area contributed by atoms with Crippen molar-refractivity contribution in [1.82, 2.24) is 0 Å². The van der Waals surface area contributed by atoms with E-state index in [4.69, 9.17) is 0 Å². The zero-order valence-electron chi connectivity index (χ0n) is 49.7. The van der Waals surface area contributed by atoms with Gasteiger partial charge in [-0.3, -0.25) is 0 Å². The monoisotopic (exact) mass is 1170 g/mol. The molecule has 0 radical (unpaired) electrons. The molecule has 0 saturated heterocycles. The van der Waals surface area contributed by atoms with Crippen molar-refractivity contribution in [2.75, 3.05) is 0 Å². The average molecular weight is 1170 g/mol. The molecular weight excluding hydrogens is 1070 g/mol. The van der Waals surface area contributed by atoms with Gasteiger partial charge in [0.05, 0.1) is 0 Å². The molecule has 8 aromatic rings. The Morgan fingerprint density at radius 3 is 0.553 bits per heavy atom. The Labute approximate surface area is 497 Å². The van der Waals surface area contributed by atoms with Crippen LogP contribution in [-0.4, -0.2) is 45.3 Å². The van der Waals surface area contributed by atoms with Crippen molar-refractivity contribution in [2.45, 2.75) is 207 Å². The molecule has 8 unspecified atom stereocenters. The largest absolute Gasteiger partial charge is 2.00 e. The third-order valence-electron chi connectivity index (χ3n) is 16.1. The summed E-state index contributed by atoms with van der Waals surface area (Å²) in [4.78, 5) is 0. The smallest absolute Gasteiger partial charge is 1.00 e. The van der Waals surface area contributed by atoms with E-state index in [2.05, 4.69) is 256 Å². The quantitative estimate of drug-likeness (QED) is 0.0405. The van der Waals surface area contributed by atoms with E-state index in [1.807, 2.05) is 0 Å². The normalized spacial score (nSPS) is 15.8. The maximum absolute atomic E-state index is 2.43. The SMILES string of the molecule is CCC(C)P(c1cc2ccccc2[cH-]1)C(C)CC.CCC(C)P(c1cc2ccccc2[cH-]1)C(C)CC.CCC(C)P(c1cc2ccccc2[cH-]1)C(C)CC.CCC(C)P(c1cc2ccccc2[cH-]1)C(C)CC.[F-].[F-].[Ti+2].[Ti+2]. The molecule has 76 heavy (non-hydrogen) atoms. The Kier molecular flexibility index (Phi) is 34.9. The Balaban J connectivity index is 0.000000498. The Hall–Kier alpha value is -1.67. The molecule has 0 aromatic heterocycles. The first kappa shape index (κ1) is 72.3. The standard InChI is InChI=1S/4C17H24P.2FH.2Ti/c4*1-5-13(3)18(14(4)6-2)17-11-15-9-7-8-10-16(15)12-17;;;;/h4*7-14H,5-6H2,1-4H3;2*1H;;/q4*-1;;;2*+2/p-2. The third kappa shape index (κ3) is 19.2. The topological polar surface area (TPSA) is 0 Å². The summed E-state index contributed by atoms with van der Waals surface area (Å²) in [5.74, 6) is 0. The van der Waals surface area contributed by atoms with Crippen molar-refractivity contribution in [3.63, 3.8) is 0 Å². The number of halogens is 2. The molecule has 0 bridgehead atoms. The van der Waals surface area contributed by atoms with Crippen molar-refractivity contribution < 1.29 is 52.8 Å². The van der Waals surface area contributed by atoms with Crippen LogP contribution in [-0.2, 0) is 43.4 Å². The fourth-order valence-electron chi connectivity index (χ4n) is 10.5. The van der Waals surface area contributed by atoms with Crippen LogP contribution in [0, 0.1) is 0 Å². The van der Waals surface area contributed by atoms with Crippen LogP contribution < -0.4 is 30.6 Å². The predicted molar refractivity (Wildman–Crippen MR) is 342 cm³/mol. The second kappa shape index (κ2) is 36.6. The van der Waals surface area contributed by atoms with Crippen LogP contribution >= 0.6 is 31.7 Å². The fraction of sp³-hybridized carbons (Fsp3) is 0.471. The van der Waals surface area contributed by atoms with Crippen LogP contribution in [0.3, 0.4) is 0 Å². The van der Waals surface area contributed by atoms with Gasteiger partial charge in [-0.1, -0.05) is 167 Å². The molecule has 0 nitrogen and oxygen atoms in total. The van der Waals surface area contributed by atoms with Crippen molar-refractivity contribution in [1.29, 1.82) is 0 Å². The summed E-state index contributed by atoms with van der Waals surface area (Å²) in [6.07, 6.45) is 10.3. The molecule has 8 rings (SSSR count). The average Bonchev–Trinajstić information content (AvgIpc) is 4.23. The van der Waals surface area contributed by atoms with Crippen LogP contribution in [0.25, 0.3) is 43.1 Å². The molecule has 412 valence electrons. The van der Waals surface area contributed by atoms with Crippen molar-refractivity contribution in [3.8, 4) is 0 Å². The zero-order chi connectivity index (χ0) is 52.5. The maximum atomic E-state index is 2.43. The van der Waals surface area contributed by atoms with Gasteiger partial charge >= 0.3 is 43.4 Å². The van der Waals surface area contributed by atoms with E-state index in [1.54, 1.807) is 21.2 Å². The minimum atomic E-state index is -0.0252. The minimum absolute atomic E-state index is 0. The molecule has 8 aromatic carbocycles. The molecule has 0 fully saturated rings. The molecule has 0 aliphatic heterocycles. The van der Waals surface area contributed by atoms with Crippen LogP contribution in [0.15, 0.2) is 146 Å². The van der Waals surface area contributed by atoms with Gasteiger partial charge in [0.2, 0.25) is 0 Å². The first-order chi connectivity index (χ1) is 34.7. The van der Waals surface area contributed by atoms with Gasteiger partial charge in [-0.15, -0.1) is 161 Å². The second-order valence-corrected chi connectivity index (χ2v) is 33.4. The fourth-order valence-corrected chi connectivity index (χ4v) is 23.5. The molecule has 0 spiro atoms. The minimum Gasteiger partial charge on any atom is -1.00 e. The van der Waals surface area contributed by atoms with Gasteiger partial charge in [0.15, 0.2) is 0 Å². The molecular formula is C68H96F2P4Ti2-2. The van der Waals surface area contributed by atoms with Crippen molar-refractivity contribution in [2.24, 2.45) is 0 Å². The summed E-state index contributed by atoms with van der Waals surface area (Å²) in [5.41, 5.74) is 6.61. The molecule has 8 heteroatoms. The van der Waals surface area contributed by atoms with Gasteiger partial charge in [-0.2, -0.15) is 24.3 Å². The maximum Gasteiger partial charge on any atom is 2.00 e. The summed E-state index contributed by atoms with van der Waals surface area (Å²) >= 11 is 0. The van der Waals surface area contributed by atoms with E-state index in [1.165, 1.54) is 94.5 Å². The van der Waals surface area contributed by atoms with Crippen molar-refractivity contribution in [3.05, 3.63) is 146 Å². The van der Waals surface area contributed by atoms with Gasteiger partial charge in [-0.25, -0.2) is 0 Å². The Morgan fingerprint density at radius 2 is 0.421 bits per heavy atom. The first-order valence-corrected chi connectivity index (χ1v) is 34.3. The van der Waals surface area contributed by atoms with E-state index < -0.39 is 0 Å². The van der Waals surface area contributed by atoms with E-state index in [9.17, 15) is 0 Å². The zero-order valence-corrected chi connectivity index (χ0v) is 56.4. The predicted octanol–water partition coefficient (Wildman–Crippen LogP) is 15.1. The van der Waals surface area contributed by atoms with E-state index in [-0.39, 0.29) is 84.5 Å². The number of fused-ring (bicyclic) bond motifs is 4. The summed E-state index contributed by atoms with van der Waals surface area (Å²) in [5, 5.41) is 17.7. The third-order valence-corrected chi connectivity index (χ3v) is 30.1. The first-order valence-electron chi connectivity index (χ1n) is 28.4. The van der Waals surface area contributed by atoms with Crippen LogP contribution in [0.4, 0.5) is 0 Å². The Bertz CT molecular complexity index is 2220. The second-order valence-electron chi connectivity index (χ2n) is 21.1. The molecule has 0 saturated carbocycles. The van der Waals surface area contributed by atoms with E-state index in [0.29, 0.717) is 0 Å². The molecule has 0 aliphatic rings. The number of hydrogen-bond donors (Lipinski definition) is 0. The van der Waals surface area contributed by atoms with Crippen molar-refractivity contribution >= 4 is 96.0 Å². The number of rotatable bonds is 20. The molecule has 0 N–H and O–H groups in total.